The van der Waals surface area contributed by atoms with Gasteiger partial charge in [-0.05, 0) is 49.6 Å². The molecular formula is C21H24N2O3. The third-order valence-corrected chi connectivity index (χ3v) is 4.79. The lowest BCUT2D eigenvalue weighted by molar-refractivity contribution is -0.121. The Morgan fingerprint density at radius 2 is 1.77 bits per heavy atom. The number of nitrogens with one attached hydrogen (secondary N) is 1. The zero-order valence-electron chi connectivity index (χ0n) is 15.2. The summed E-state index contributed by atoms with van der Waals surface area (Å²) >= 11 is 0. The number of hydrogen-bond donors (Lipinski definition) is 1. The maximum absolute atomic E-state index is 12.6. The van der Waals surface area contributed by atoms with Crippen LogP contribution in [0.4, 0.5) is 5.69 Å². The van der Waals surface area contributed by atoms with E-state index in [9.17, 15) is 9.59 Å². The molecule has 2 amide bonds. The number of hydrogen-bond acceptors (Lipinski definition) is 3. The van der Waals surface area contributed by atoms with Crippen LogP contribution in [0.15, 0.2) is 48.5 Å². The highest BCUT2D eigenvalue weighted by atomic mass is 16.5. The molecule has 1 aliphatic heterocycles. The van der Waals surface area contributed by atoms with E-state index in [1.165, 1.54) is 0 Å². The summed E-state index contributed by atoms with van der Waals surface area (Å²) in [7, 11) is 1.59. The highest BCUT2D eigenvalue weighted by Crippen LogP contribution is 2.27. The molecule has 1 N–H and O–H groups in total. The van der Waals surface area contributed by atoms with Gasteiger partial charge in [-0.2, -0.15) is 0 Å². The largest absolute Gasteiger partial charge is 0.495 e. The predicted molar refractivity (Wildman–Crippen MR) is 101 cm³/mol. The molecular weight excluding hydrogens is 328 g/mol. The molecule has 5 heteroatoms. The van der Waals surface area contributed by atoms with Gasteiger partial charge in [0.1, 0.15) is 5.75 Å². The van der Waals surface area contributed by atoms with Crippen LogP contribution in [-0.2, 0) is 4.79 Å². The van der Waals surface area contributed by atoms with E-state index in [1.807, 2.05) is 60.4 Å². The van der Waals surface area contributed by atoms with Crippen LogP contribution in [0.1, 0.15) is 28.8 Å². The van der Waals surface area contributed by atoms with Gasteiger partial charge < -0.3 is 15.0 Å². The molecule has 0 aromatic heterocycles. The molecule has 2 aromatic carbocycles. The highest BCUT2D eigenvalue weighted by Gasteiger charge is 2.28. The normalized spacial score (nSPS) is 14.8. The summed E-state index contributed by atoms with van der Waals surface area (Å²) in [5, 5.41) is 2.98. The molecule has 0 radical (unpaired) electrons. The van der Waals surface area contributed by atoms with Crippen molar-refractivity contribution in [2.45, 2.75) is 19.8 Å². The molecule has 1 aliphatic rings. The summed E-state index contributed by atoms with van der Waals surface area (Å²) < 4.78 is 5.32. The topological polar surface area (TPSA) is 58.6 Å². The van der Waals surface area contributed by atoms with E-state index in [-0.39, 0.29) is 17.7 Å². The van der Waals surface area contributed by atoms with Crippen molar-refractivity contribution >= 4 is 17.5 Å². The molecule has 0 atom stereocenters. The lowest BCUT2D eigenvalue weighted by atomic mass is 9.95. The van der Waals surface area contributed by atoms with Gasteiger partial charge in [0.2, 0.25) is 5.91 Å². The number of likely N-dealkylation sites (tertiary alicyclic amines) is 1. The molecule has 0 spiro atoms. The number of rotatable bonds is 4. The smallest absolute Gasteiger partial charge is 0.253 e. The number of piperidine rings is 1. The van der Waals surface area contributed by atoms with Gasteiger partial charge in [0.05, 0.1) is 12.8 Å². The molecule has 0 aliphatic carbocycles. The van der Waals surface area contributed by atoms with Gasteiger partial charge in [0.25, 0.3) is 5.91 Å². The minimum Gasteiger partial charge on any atom is -0.495 e. The Kier molecular flexibility index (Phi) is 5.56. The number of aryl methyl sites for hydroxylation is 1. The van der Waals surface area contributed by atoms with Crippen molar-refractivity contribution in [1.29, 1.82) is 0 Å². The van der Waals surface area contributed by atoms with Crippen molar-refractivity contribution in [1.82, 2.24) is 4.90 Å². The number of ether oxygens (including phenoxy) is 1. The summed E-state index contributed by atoms with van der Waals surface area (Å²) in [5.74, 6) is 0.575. The van der Waals surface area contributed by atoms with Gasteiger partial charge in [-0.1, -0.05) is 24.3 Å². The number of nitrogens with zero attached hydrogens (tertiary/aromatic N) is 1. The Bertz CT molecular complexity index is 781. The van der Waals surface area contributed by atoms with Crippen LogP contribution in [0.3, 0.4) is 0 Å². The van der Waals surface area contributed by atoms with E-state index in [4.69, 9.17) is 4.74 Å². The van der Waals surface area contributed by atoms with Gasteiger partial charge in [-0.25, -0.2) is 0 Å². The Balaban J connectivity index is 1.59. The molecule has 136 valence electrons. The van der Waals surface area contributed by atoms with Gasteiger partial charge in [0, 0.05) is 24.6 Å². The third-order valence-electron chi connectivity index (χ3n) is 4.79. The van der Waals surface area contributed by atoms with E-state index in [1.54, 1.807) is 7.11 Å². The summed E-state index contributed by atoms with van der Waals surface area (Å²) in [4.78, 5) is 26.9. The fourth-order valence-corrected chi connectivity index (χ4v) is 3.26. The second-order valence-electron chi connectivity index (χ2n) is 6.63. The molecule has 26 heavy (non-hydrogen) atoms. The van der Waals surface area contributed by atoms with E-state index < -0.39 is 0 Å². The third kappa shape index (κ3) is 4.04. The summed E-state index contributed by atoms with van der Waals surface area (Å²) in [6, 6.07) is 15.0. The first-order chi connectivity index (χ1) is 12.6. The Morgan fingerprint density at radius 1 is 1.08 bits per heavy atom. The van der Waals surface area contributed by atoms with Crippen LogP contribution in [0.2, 0.25) is 0 Å². The van der Waals surface area contributed by atoms with Crippen molar-refractivity contribution < 1.29 is 14.3 Å². The second kappa shape index (κ2) is 8.04. The van der Waals surface area contributed by atoms with Crippen molar-refractivity contribution in [3.63, 3.8) is 0 Å². The molecule has 3 rings (SSSR count). The van der Waals surface area contributed by atoms with E-state index in [0.29, 0.717) is 42.9 Å². The van der Waals surface area contributed by atoms with Gasteiger partial charge in [-0.15, -0.1) is 0 Å². The SMILES string of the molecule is COc1ccc(C)cc1NC(=O)C1CCN(C(=O)c2ccccc2)CC1. The van der Waals surface area contributed by atoms with Gasteiger partial charge in [-0.3, -0.25) is 9.59 Å². The van der Waals surface area contributed by atoms with Crippen molar-refractivity contribution in [3.05, 3.63) is 59.7 Å². The first-order valence-corrected chi connectivity index (χ1v) is 8.88. The van der Waals surface area contributed by atoms with Crippen LogP contribution >= 0.6 is 0 Å². The minimum absolute atomic E-state index is 0.0132. The quantitative estimate of drug-likeness (QED) is 0.916. The molecule has 2 aromatic rings. The zero-order chi connectivity index (χ0) is 18.5. The molecule has 0 saturated carbocycles. The summed E-state index contributed by atoms with van der Waals surface area (Å²) in [6.45, 7) is 3.16. The fraction of sp³-hybridized carbons (Fsp3) is 0.333. The summed E-state index contributed by atoms with van der Waals surface area (Å²) in [5.41, 5.74) is 2.45. The Labute approximate surface area is 154 Å². The van der Waals surface area contributed by atoms with Crippen LogP contribution in [-0.4, -0.2) is 36.9 Å². The minimum atomic E-state index is -0.0972. The molecule has 0 bridgehead atoms. The highest BCUT2D eigenvalue weighted by molar-refractivity contribution is 5.96. The van der Waals surface area contributed by atoms with E-state index in [0.717, 1.165) is 5.56 Å². The fourth-order valence-electron chi connectivity index (χ4n) is 3.26. The van der Waals surface area contributed by atoms with Crippen molar-refractivity contribution in [2.24, 2.45) is 5.92 Å². The lowest BCUT2D eigenvalue weighted by Gasteiger charge is -2.31. The zero-order valence-corrected chi connectivity index (χ0v) is 15.2. The van der Waals surface area contributed by atoms with Crippen molar-refractivity contribution in [2.75, 3.05) is 25.5 Å². The van der Waals surface area contributed by atoms with Gasteiger partial charge >= 0.3 is 0 Å². The number of amides is 2. The predicted octanol–water partition coefficient (Wildman–Crippen LogP) is 3.49. The van der Waals surface area contributed by atoms with E-state index in [2.05, 4.69) is 5.32 Å². The van der Waals surface area contributed by atoms with Gasteiger partial charge in [0.15, 0.2) is 0 Å². The number of carbonyl (C=O) groups excluding carboxylic acids is 2. The summed E-state index contributed by atoms with van der Waals surface area (Å²) in [6.07, 6.45) is 1.33. The maximum atomic E-state index is 12.6. The second-order valence-corrected chi connectivity index (χ2v) is 6.63. The monoisotopic (exact) mass is 352 g/mol. The Hall–Kier alpha value is -2.82. The van der Waals surface area contributed by atoms with Crippen LogP contribution in [0.5, 0.6) is 5.75 Å². The molecule has 1 fully saturated rings. The van der Waals surface area contributed by atoms with Crippen molar-refractivity contribution in [3.8, 4) is 5.75 Å². The first kappa shape index (κ1) is 18.0. The number of methoxy groups -OCH3 is 1. The standard InChI is InChI=1S/C21H24N2O3/c1-15-8-9-19(26-2)18(14-15)22-20(24)16-10-12-23(13-11-16)21(25)17-6-4-3-5-7-17/h3-9,14,16H,10-13H2,1-2H3,(H,22,24). The molecule has 5 nitrogen and oxygen atoms in total. The first-order valence-electron chi connectivity index (χ1n) is 8.88. The Morgan fingerprint density at radius 3 is 2.42 bits per heavy atom. The molecule has 0 unspecified atom stereocenters. The van der Waals surface area contributed by atoms with Crippen LogP contribution < -0.4 is 10.1 Å². The average Bonchev–Trinajstić information content (AvgIpc) is 2.68. The molecule has 1 heterocycles. The lowest BCUT2D eigenvalue weighted by Crippen LogP contribution is -2.41. The number of benzene rings is 2. The van der Waals surface area contributed by atoms with E-state index >= 15 is 0 Å². The molecule has 1 saturated heterocycles. The number of carbonyl (C=O) groups is 2. The average molecular weight is 352 g/mol. The van der Waals surface area contributed by atoms with Crippen LogP contribution in [0, 0.1) is 12.8 Å². The van der Waals surface area contributed by atoms with Crippen LogP contribution in [0.25, 0.3) is 0 Å². The number of anilines is 1. The maximum Gasteiger partial charge on any atom is 0.253 e.